The van der Waals surface area contributed by atoms with Gasteiger partial charge in [-0.1, -0.05) is 11.3 Å². The van der Waals surface area contributed by atoms with Crippen LogP contribution in [0.2, 0.25) is 0 Å². The van der Waals surface area contributed by atoms with Crippen LogP contribution in [0.1, 0.15) is 30.1 Å². The summed E-state index contributed by atoms with van der Waals surface area (Å²) in [5.41, 5.74) is 1.24. The molecule has 1 aliphatic heterocycles. The number of halogens is 1. The van der Waals surface area contributed by atoms with Gasteiger partial charge in [-0.05, 0) is 68.5 Å². The number of aromatic nitrogens is 1. The van der Waals surface area contributed by atoms with Crippen LogP contribution in [0.15, 0.2) is 52.4 Å². The van der Waals surface area contributed by atoms with Crippen molar-refractivity contribution in [1.82, 2.24) is 8.87 Å². The Labute approximate surface area is 216 Å². The lowest BCUT2D eigenvalue weighted by atomic mass is 10.2. The normalized spacial score (nSPS) is 17.1. The maximum absolute atomic E-state index is 13.3. The minimum absolute atomic E-state index is 0.0630. The number of carbonyl (C=O) groups is 2. The summed E-state index contributed by atoms with van der Waals surface area (Å²) in [4.78, 5) is 30.2. The molecule has 1 fully saturated rings. The second kappa shape index (κ2) is 11.2. The summed E-state index contributed by atoms with van der Waals surface area (Å²) in [7, 11) is -3.98. The number of benzene rings is 2. The number of fused-ring (bicyclic) bond motifs is 1. The molecule has 12 heteroatoms. The molecule has 192 valence electrons. The highest BCUT2D eigenvalue weighted by Gasteiger charge is 2.39. The number of sulfonamides is 1. The lowest BCUT2D eigenvalue weighted by Crippen LogP contribution is -2.40. The average Bonchev–Trinajstić information content (AvgIpc) is 3.48. The third-order valence-corrected chi connectivity index (χ3v) is 9.38. The molecule has 2 heterocycles. The number of thiazole rings is 1. The van der Waals surface area contributed by atoms with E-state index in [4.69, 9.17) is 4.74 Å². The van der Waals surface area contributed by atoms with Crippen LogP contribution < -0.4 is 4.80 Å². The molecule has 1 atom stereocenters. The van der Waals surface area contributed by atoms with E-state index in [9.17, 15) is 22.4 Å². The van der Waals surface area contributed by atoms with E-state index in [-0.39, 0.29) is 18.0 Å². The van der Waals surface area contributed by atoms with Gasteiger partial charge in [-0.2, -0.15) is 21.1 Å². The first-order chi connectivity index (χ1) is 17.3. The van der Waals surface area contributed by atoms with E-state index in [1.165, 1.54) is 23.5 Å². The molecule has 4 rings (SSSR count). The van der Waals surface area contributed by atoms with Crippen molar-refractivity contribution in [2.75, 3.05) is 25.2 Å². The lowest BCUT2D eigenvalue weighted by Gasteiger charge is -2.21. The summed E-state index contributed by atoms with van der Waals surface area (Å²) in [6.07, 6.45) is 2.85. The minimum atomic E-state index is -3.98. The van der Waals surface area contributed by atoms with E-state index in [1.807, 2.05) is 16.9 Å². The van der Waals surface area contributed by atoms with Crippen LogP contribution in [-0.2, 0) is 26.1 Å². The molecule has 1 amide bonds. The largest absolute Gasteiger partial charge is 0.462 e. The fourth-order valence-corrected chi connectivity index (χ4v) is 7.20. The molecule has 0 spiro atoms. The van der Waals surface area contributed by atoms with Gasteiger partial charge in [0.25, 0.3) is 5.91 Å². The first-order valence-corrected chi connectivity index (χ1v) is 15.1. The van der Waals surface area contributed by atoms with E-state index < -0.39 is 33.8 Å². The Hall–Kier alpha value is -2.54. The van der Waals surface area contributed by atoms with Crippen LogP contribution in [0.4, 0.5) is 4.39 Å². The number of hydrogen-bond acceptors (Lipinski definition) is 7. The predicted molar refractivity (Wildman–Crippen MR) is 138 cm³/mol. The second-order valence-electron chi connectivity index (χ2n) is 8.11. The van der Waals surface area contributed by atoms with Gasteiger partial charge in [0.05, 0.1) is 27.3 Å². The number of rotatable bonds is 8. The zero-order valence-electron chi connectivity index (χ0n) is 19.8. The summed E-state index contributed by atoms with van der Waals surface area (Å²) < 4.78 is 48.6. The van der Waals surface area contributed by atoms with Gasteiger partial charge in [0.15, 0.2) is 4.80 Å². The summed E-state index contributed by atoms with van der Waals surface area (Å²) in [6.45, 7) is 2.79. The van der Waals surface area contributed by atoms with Crippen molar-refractivity contribution < 1.29 is 27.1 Å². The molecule has 0 N–H and O–H groups in total. The van der Waals surface area contributed by atoms with Gasteiger partial charge in [-0.3, -0.25) is 4.79 Å². The van der Waals surface area contributed by atoms with E-state index >= 15 is 0 Å². The van der Waals surface area contributed by atoms with Crippen molar-refractivity contribution in [2.45, 2.75) is 37.2 Å². The van der Waals surface area contributed by atoms with Gasteiger partial charge >= 0.3 is 5.97 Å². The predicted octanol–water partition coefficient (Wildman–Crippen LogP) is 3.66. The van der Waals surface area contributed by atoms with Crippen molar-refractivity contribution in [3.05, 3.63) is 58.6 Å². The number of nitrogens with zero attached hydrogens (tertiary/aromatic N) is 3. The van der Waals surface area contributed by atoms with E-state index in [0.29, 0.717) is 29.8 Å². The molecular formula is C24H26FN3O5S3. The molecule has 1 unspecified atom stereocenters. The fraction of sp³-hybridized carbons (Fsp3) is 0.375. The Morgan fingerprint density at radius 2 is 1.97 bits per heavy atom. The Kier molecular flexibility index (Phi) is 8.28. The highest BCUT2D eigenvalue weighted by atomic mass is 32.2. The van der Waals surface area contributed by atoms with Crippen LogP contribution in [0.3, 0.4) is 0 Å². The van der Waals surface area contributed by atoms with Gasteiger partial charge in [0.1, 0.15) is 11.9 Å². The van der Waals surface area contributed by atoms with E-state index in [0.717, 1.165) is 32.4 Å². The van der Waals surface area contributed by atoms with E-state index in [2.05, 4.69) is 4.99 Å². The van der Waals surface area contributed by atoms with Crippen LogP contribution in [0.25, 0.3) is 10.2 Å². The van der Waals surface area contributed by atoms with E-state index in [1.54, 1.807) is 30.8 Å². The zero-order valence-corrected chi connectivity index (χ0v) is 22.3. The van der Waals surface area contributed by atoms with Crippen molar-refractivity contribution in [1.29, 1.82) is 0 Å². The van der Waals surface area contributed by atoms with Gasteiger partial charge in [0.2, 0.25) is 10.0 Å². The van der Waals surface area contributed by atoms with Crippen molar-refractivity contribution in [3.8, 4) is 0 Å². The maximum atomic E-state index is 13.3. The topological polar surface area (TPSA) is 98.0 Å². The maximum Gasteiger partial charge on any atom is 0.338 e. The first-order valence-electron chi connectivity index (χ1n) is 11.4. The number of carbonyl (C=O) groups excluding carboxylic acids is 2. The highest BCUT2D eigenvalue weighted by molar-refractivity contribution is 7.98. The summed E-state index contributed by atoms with van der Waals surface area (Å²) in [5, 5.41) is 0. The summed E-state index contributed by atoms with van der Waals surface area (Å²) >= 11 is 2.91. The standard InChI is InChI=1S/C24H26FN3O5S3/c1-3-33-23(30)16-6-11-19-21(15-16)35-24(27(19)13-14-34-2)26-22(29)20-5-4-12-28(20)36(31,32)18-9-7-17(25)8-10-18/h6-11,15,20H,3-5,12-14H2,1-2H3. The molecule has 3 aromatic rings. The number of hydrogen-bond donors (Lipinski definition) is 0. The first kappa shape index (κ1) is 26.5. The Morgan fingerprint density at radius 3 is 2.67 bits per heavy atom. The monoisotopic (exact) mass is 551 g/mol. The van der Waals surface area contributed by atoms with Gasteiger partial charge in [-0.25, -0.2) is 17.6 Å². The zero-order chi connectivity index (χ0) is 25.9. The smallest absolute Gasteiger partial charge is 0.338 e. The van der Waals surface area contributed by atoms with Gasteiger partial charge < -0.3 is 9.30 Å². The summed E-state index contributed by atoms with van der Waals surface area (Å²) in [5.74, 6) is -0.732. The Morgan fingerprint density at radius 1 is 1.22 bits per heavy atom. The molecule has 0 aliphatic carbocycles. The third kappa shape index (κ3) is 5.41. The Balaban J connectivity index is 1.71. The fourth-order valence-electron chi connectivity index (χ4n) is 4.08. The molecule has 36 heavy (non-hydrogen) atoms. The Bertz CT molecular complexity index is 1450. The number of thioether (sulfide) groups is 1. The number of ether oxygens (including phenoxy) is 1. The molecule has 1 aliphatic rings. The molecular weight excluding hydrogens is 525 g/mol. The molecule has 0 saturated carbocycles. The lowest BCUT2D eigenvalue weighted by molar-refractivity contribution is -0.121. The quantitative estimate of drug-likeness (QED) is 0.397. The molecule has 1 aromatic heterocycles. The molecule has 0 radical (unpaired) electrons. The number of amides is 1. The van der Waals surface area contributed by atoms with Gasteiger partial charge in [0, 0.05) is 18.8 Å². The van der Waals surface area contributed by atoms with Crippen LogP contribution in [-0.4, -0.2) is 60.4 Å². The second-order valence-corrected chi connectivity index (χ2v) is 12.0. The molecule has 2 aromatic carbocycles. The average molecular weight is 552 g/mol. The van der Waals surface area contributed by atoms with Crippen LogP contribution >= 0.6 is 23.1 Å². The highest BCUT2D eigenvalue weighted by Crippen LogP contribution is 2.27. The minimum Gasteiger partial charge on any atom is -0.462 e. The third-order valence-electron chi connectivity index (χ3n) is 5.83. The van der Waals surface area contributed by atoms with Crippen molar-refractivity contribution in [3.63, 3.8) is 0 Å². The van der Waals surface area contributed by atoms with Crippen molar-refractivity contribution in [2.24, 2.45) is 4.99 Å². The summed E-state index contributed by atoms with van der Waals surface area (Å²) in [6, 6.07) is 8.84. The van der Waals surface area contributed by atoms with Gasteiger partial charge in [-0.15, -0.1) is 0 Å². The molecule has 8 nitrogen and oxygen atoms in total. The van der Waals surface area contributed by atoms with Crippen LogP contribution in [0, 0.1) is 5.82 Å². The number of esters is 1. The molecule has 1 saturated heterocycles. The SMILES string of the molecule is CCOC(=O)c1ccc2c(c1)sc(=NC(=O)C1CCCN1S(=O)(=O)c1ccc(F)cc1)n2CCSC. The van der Waals surface area contributed by atoms with Crippen LogP contribution in [0.5, 0.6) is 0 Å². The molecule has 0 bridgehead atoms. The van der Waals surface area contributed by atoms with Crippen molar-refractivity contribution >= 4 is 55.2 Å². The number of aryl methyl sites for hydroxylation is 1.